The van der Waals surface area contributed by atoms with E-state index in [1.54, 1.807) is 18.3 Å². The van der Waals surface area contributed by atoms with Crippen LogP contribution in [0.2, 0.25) is 0 Å². The quantitative estimate of drug-likeness (QED) is 0.886. The van der Waals surface area contributed by atoms with Gasteiger partial charge in [0.05, 0.1) is 11.2 Å². The third-order valence-electron chi connectivity index (χ3n) is 3.20. The maximum atomic E-state index is 12.2. The number of thiophene rings is 1. The van der Waals surface area contributed by atoms with E-state index < -0.39 is 5.60 Å². The SMILES string of the molecule is CC(C)CC(C)(O)CNC(=O)c1csc2ccccc12. The highest BCUT2D eigenvalue weighted by Crippen LogP contribution is 2.25. The van der Waals surface area contributed by atoms with E-state index in [1.807, 2.05) is 29.6 Å². The average Bonchev–Trinajstić information content (AvgIpc) is 2.78. The fourth-order valence-electron chi connectivity index (χ4n) is 2.47. The molecule has 0 saturated heterocycles. The van der Waals surface area contributed by atoms with E-state index in [0.717, 1.165) is 10.1 Å². The van der Waals surface area contributed by atoms with Crippen molar-refractivity contribution in [3.63, 3.8) is 0 Å². The van der Waals surface area contributed by atoms with Gasteiger partial charge in [0.25, 0.3) is 5.91 Å². The lowest BCUT2D eigenvalue weighted by molar-refractivity contribution is 0.0369. The van der Waals surface area contributed by atoms with Gasteiger partial charge in [-0.05, 0) is 25.3 Å². The molecule has 0 aliphatic carbocycles. The van der Waals surface area contributed by atoms with Crippen LogP contribution in [0.4, 0.5) is 0 Å². The minimum Gasteiger partial charge on any atom is -0.388 e. The Morgan fingerprint density at radius 1 is 1.40 bits per heavy atom. The van der Waals surface area contributed by atoms with Crippen LogP contribution in [-0.2, 0) is 0 Å². The Morgan fingerprint density at radius 2 is 2.10 bits per heavy atom. The summed E-state index contributed by atoms with van der Waals surface area (Å²) in [6.07, 6.45) is 0.664. The summed E-state index contributed by atoms with van der Waals surface area (Å²) >= 11 is 1.56. The Morgan fingerprint density at radius 3 is 2.80 bits per heavy atom. The van der Waals surface area contributed by atoms with Crippen LogP contribution in [0, 0.1) is 5.92 Å². The van der Waals surface area contributed by atoms with E-state index in [2.05, 4.69) is 19.2 Å². The number of aliphatic hydroxyl groups is 1. The Labute approximate surface area is 123 Å². The fourth-order valence-corrected chi connectivity index (χ4v) is 3.41. The maximum absolute atomic E-state index is 12.2. The molecule has 108 valence electrons. The van der Waals surface area contributed by atoms with Crippen molar-refractivity contribution in [3.05, 3.63) is 35.2 Å². The molecule has 0 aliphatic heterocycles. The summed E-state index contributed by atoms with van der Waals surface area (Å²) in [4.78, 5) is 12.2. The van der Waals surface area contributed by atoms with Gasteiger partial charge in [0, 0.05) is 22.0 Å². The van der Waals surface area contributed by atoms with Crippen molar-refractivity contribution in [3.8, 4) is 0 Å². The molecule has 4 heteroatoms. The standard InChI is InChI=1S/C16H21NO2S/c1-11(2)8-16(3,19)10-17-15(18)13-9-20-14-7-5-4-6-12(13)14/h4-7,9,11,19H,8,10H2,1-3H3,(H,17,18). The van der Waals surface area contributed by atoms with Crippen LogP contribution in [0.1, 0.15) is 37.6 Å². The van der Waals surface area contributed by atoms with Crippen molar-refractivity contribution < 1.29 is 9.90 Å². The summed E-state index contributed by atoms with van der Waals surface area (Å²) in [5, 5.41) is 15.9. The molecule has 1 aromatic carbocycles. The van der Waals surface area contributed by atoms with Gasteiger partial charge in [-0.1, -0.05) is 32.0 Å². The van der Waals surface area contributed by atoms with Crippen LogP contribution in [-0.4, -0.2) is 23.2 Å². The predicted octanol–water partition coefficient (Wildman–Crippen LogP) is 3.43. The van der Waals surface area contributed by atoms with Gasteiger partial charge >= 0.3 is 0 Å². The number of benzene rings is 1. The first-order valence-corrected chi connectivity index (χ1v) is 7.74. The number of rotatable bonds is 5. The molecule has 0 bridgehead atoms. The third kappa shape index (κ3) is 3.58. The zero-order chi connectivity index (χ0) is 14.8. The first-order chi connectivity index (χ1) is 9.39. The molecular weight excluding hydrogens is 270 g/mol. The van der Waals surface area contributed by atoms with Crippen molar-refractivity contribution in [2.45, 2.75) is 32.8 Å². The van der Waals surface area contributed by atoms with Crippen LogP contribution in [0.5, 0.6) is 0 Å². The second-order valence-corrected chi connectivity index (χ2v) is 6.83. The molecule has 1 unspecified atom stereocenters. The highest BCUT2D eigenvalue weighted by atomic mass is 32.1. The molecule has 0 saturated carbocycles. The zero-order valence-corrected chi connectivity index (χ0v) is 13.0. The first-order valence-electron chi connectivity index (χ1n) is 6.86. The van der Waals surface area contributed by atoms with E-state index in [-0.39, 0.29) is 12.5 Å². The molecule has 3 nitrogen and oxygen atoms in total. The van der Waals surface area contributed by atoms with Gasteiger partial charge in [0.2, 0.25) is 0 Å². The smallest absolute Gasteiger partial charge is 0.252 e. The number of nitrogens with one attached hydrogen (secondary N) is 1. The zero-order valence-electron chi connectivity index (χ0n) is 12.1. The summed E-state index contributed by atoms with van der Waals surface area (Å²) in [5.74, 6) is 0.273. The number of carbonyl (C=O) groups is 1. The third-order valence-corrected chi connectivity index (χ3v) is 4.17. The van der Waals surface area contributed by atoms with Gasteiger partial charge in [-0.2, -0.15) is 0 Å². The minimum atomic E-state index is -0.865. The minimum absolute atomic E-state index is 0.119. The lowest BCUT2D eigenvalue weighted by Crippen LogP contribution is -2.41. The van der Waals surface area contributed by atoms with Gasteiger partial charge in [0.15, 0.2) is 0 Å². The fraction of sp³-hybridized carbons (Fsp3) is 0.438. The summed E-state index contributed by atoms with van der Waals surface area (Å²) in [7, 11) is 0. The van der Waals surface area contributed by atoms with Crippen LogP contribution in [0.15, 0.2) is 29.6 Å². The maximum Gasteiger partial charge on any atom is 0.252 e. The van der Waals surface area contributed by atoms with Crippen LogP contribution < -0.4 is 5.32 Å². The second-order valence-electron chi connectivity index (χ2n) is 5.92. The van der Waals surface area contributed by atoms with Crippen molar-refractivity contribution in [1.82, 2.24) is 5.32 Å². The van der Waals surface area contributed by atoms with Gasteiger partial charge in [-0.3, -0.25) is 4.79 Å². The van der Waals surface area contributed by atoms with Crippen molar-refractivity contribution >= 4 is 27.3 Å². The lowest BCUT2D eigenvalue weighted by Gasteiger charge is -2.25. The molecule has 2 N–H and O–H groups in total. The highest BCUT2D eigenvalue weighted by Gasteiger charge is 2.23. The van der Waals surface area contributed by atoms with Crippen molar-refractivity contribution in [2.75, 3.05) is 6.54 Å². The summed E-state index contributed by atoms with van der Waals surface area (Å²) in [6, 6.07) is 7.85. The summed E-state index contributed by atoms with van der Waals surface area (Å²) in [6.45, 7) is 6.15. The molecule has 1 amide bonds. The Kier molecular flexibility index (Phi) is 4.45. The van der Waals surface area contributed by atoms with E-state index >= 15 is 0 Å². The van der Waals surface area contributed by atoms with Crippen molar-refractivity contribution in [1.29, 1.82) is 0 Å². The van der Waals surface area contributed by atoms with Crippen molar-refractivity contribution in [2.24, 2.45) is 5.92 Å². The first kappa shape index (κ1) is 15.0. The molecule has 1 aromatic heterocycles. The van der Waals surface area contributed by atoms with E-state index in [4.69, 9.17) is 0 Å². The summed E-state index contributed by atoms with van der Waals surface area (Å²) in [5.41, 5.74) is -0.179. The van der Waals surface area contributed by atoms with E-state index in [1.165, 1.54) is 0 Å². The lowest BCUT2D eigenvalue weighted by atomic mass is 9.94. The average molecular weight is 291 g/mol. The van der Waals surface area contributed by atoms with Gasteiger partial charge in [0.1, 0.15) is 0 Å². The largest absolute Gasteiger partial charge is 0.388 e. The molecular formula is C16H21NO2S. The Balaban J connectivity index is 2.06. The van der Waals surface area contributed by atoms with E-state index in [0.29, 0.717) is 17.9 Å². The number of fused-ring (bicyclic) bond motifs is 1. The molecule has 20 heavy (non-hydrogen) atoms. The number of hydrogen-bond acceptors (Lipinski definition) is 3. The monoisotopic (exact) mass is 291 g/mol. The van der Waals surface area contributed by atoms with Crippen LogP contribution >= 0.6 is 11.3 Å². The van der Waals surface area contributed by atoms with Gasteiger partial charge < -0.3 is 10.4 Å². The number of hydrogen-bond donors (Lipinski definition) is 2. The highest BCUT2D eigenvalue weighted by molar-refractivity contribution is 7.17. The van der Waals surface area contributed by atoms with E-state index in [9.17, 15) is 9.90 Å². The molecule has 0 aliphatic rings. The Bertz CT molecular complexity index is 601. The number of carbonyl (C=O) groups excluding carboxylic acids is 1. The number of amides is 1. The van der Waals surface area contributed by atoms with Gasteiger partial charge in [-0.15, -0.1) is 11.3 Å². The molecule has 1 heterocycles. The predicted molar refractivity (Wildman–Crippen MR) is 84.2 cm³/mol. The molecule has 2 aromatic rings. The molecule has 0 fully saturated rings. The molecule has 1 atom stereocenters. The molecule has 2 rings (SSSR count). The second kappa shape index (κ2) is 5.94. The van der Waals surface area contributed by atoms with Gasteiger partial charge in [-0.25, -0.2) is 0 Å². The molecule has 0 spiro atoms. The summed E-state index contributed by atoms with van der Waals surface area (Å²) < 4.78 is 1.10. The van der Waals surface area contributed by atoms with Crippen LogP contribution in [0.25, 0.3) is 10.1 Å². The molecule has 0 radical (unpaired) electrons. The normalized spacial score (nSPS) is 14.4. The topological polar surface area (TPSA) is 49.3 Å². The van der Waals surface area contributed by atoms with Crippen LogP contribution in [0.3, 0.4) is 0 Å². The Hall–Kier alpha value is -1.39.